The van der Waals surface area contributed by atoms with Gasteiger partial charge >= 0.3 is 0 Å². The first-order valence-electron chi connectivity index (χ1n) is 13.1. The minimum absolute atomic E-state index is 0.265. The van der Waals surface area contributed by atoms with E-state index in [2.05, 4.69) is 0 Å². The molecule has 0 saturated heterocycles. The van der Waals surface area contributed by atoms with Crippen LogP contribution in [0.15, 0.2) is 36.4 Å². The van der Waals surface area contributed by atoms with Crippen molar-refractivity contribution in [3.63, 3.8) is 0 Å². The van der Waals surface area contributed by atoms with Gasteiger partial charge in [-0.25, -0.2) is 0 Å². The van der Waals surface area contributed by atoms with Gasteiger partial charge in [0.2, 0.25) is 0 Å². The fourth-order valence-corrected chi connectivity index (χ4v) is 4.60. The Morgan fingerprint density at radius 3 is 1.23 bits per heavy atom. The van der Waals surface area contributed by atoms with Crippen molar-refractivity contribution in [2.45, 2.75) is 25.7 Å². The molecule has 2 rings (SSSR count). The van der Waals surface area contributed by atoms with E-state index in [1.54, 1.807) is 0 Å². The third-order valence-electron chi connectivity index (χ3n) is 5.41. The predicted octanol–water partition coefficient (Wildman–Crippen LogP) is 3.00. The van der Waals surface area contributed by atoms with Crippen LogP contribution in [0, 0.1) is 0 Å². The Labute approximate surface area is 236 Å². The topological polar surface area (TPSA) is 164 Å². The van der Waals surface area contributed by atoms with Gasteiger partial charge in [-0.15, -0.1) is 0 Å². The summed E-state index contributed by atoms with van der Waals surface area (Å²) >= 11 is 0. The summed E-state index contributed by atoms with van der Waals surface area (Å²) in [5.74, 6) is 0.646. The quantitative estimate of drug-likeness (QED) is 0.132. The van der Waals surface area contributed by atoms with Crippen LogP contribution in [0.25, 0.3) is 10.8 Å². The van der Waals surface area contributed by atoms with Crippen molar-refractivity contribution in [3.8, 4) is 11.5 Å². The zero-order valence-corrected chi connectivity index (χ0v) is 24.2. The van der Waals surface area contributed by atoms with E-state index in [0.717, 1.165) is 10.8 Å². The Morgan fingerprint density at radius 2 is 0.850 bits per heavy atom. The molecule has 2 N–H and O–H groups in total. The monoisotopic (exact) mass is 608 g/mol. The molecule has 14 heteroatoms. The summed E-state index contributed by atoms with van der Waals surface area (Å²) in [6, 6.07) is 11.7. The molecule has 2 aromatic rings. The molecule has 0 amide bonds. The molecule has 0 atom stereocenters. The Morgan fingerprint density at radius 1 is 0.500 bits per heavy atom. The molecule has 0 spiro atoms. The summed E-state index contributed by atoms with van der Waals surface area (Å²) in [7, 11) is -7.84. The number of fused-ring (bicyclic) bond motifs is 1. The lowest BCUT2D eigenvalue weighted by Gasteiger charge is -2.15. The lowest BCUT2D eigenvalue weighted by Crippen LogP contribution is -2.13. The maximum absolute atomic E-state index is 10.7. The van der Waals surface area contributed by atoms with Gasteiger partial charge in [0.05, 0.1) is 51.1 Å². The molecule has 12 nitrogen and oxygen atoms in total. The van der Waals surface area contributed by atoms with Gasteiger partial charge in [0.15, 0.2) is 11.5 Å². The average molecular weight is 609 g/mol. The van der Waals surface area contributed by atoms with Gasteiger partial charge in [-0.2, -0.15) is 16.8 Å². The van der Waals surface area contributed by atoms with Crippen molar-refractivity contribution < 1.29 is 54.4 Å². The maximum Gasteiger partial charge on any atom is 0.264 e. The van der Waals surface area contributed by atoms with E-state index in [1.807, 2.05) is 36.4 Å². The molecule has 0 aromatic heterocycles. The Kier molecular flexibility index (Phi) is 16.4. The first kappa shape index (κ1) is 34.2. The SMILES string of the molecule is O=S(=O)(O)CCCCOCCOCCOc1cc2ccccc2cc1OCCOCCOCCCCS(=O)(=O)O. The number of rotatable bonds is 24. The molecular weight excluding hydrogens is 568 g/mol. The van der Waals surface area contributed by atoms with E-state index < -0.39 is 20.2 Å². The molecule has 228 valence electrons. The van der Waals surface area contributed by atoms with Gasteiger partial charge in [0, 0.05) is 13.2 Å². The molecular formula is C26H40O12S2. The lowest BCUT2D eigenvalue weighted by molar-refractivity contribution is 0.0324. The second-order valence-corrected chi connectivity index (χ2v) is 11.9. The minimum atomic E-state index is -3.92. The molecule has 40 heavy (non-hydrogen) atoms. The highest BCUT2D eigenvalue weighted by Crippen LogP contribution is 2.32. The fraction of sp³-hybridized carbons (Fsp3) is 0.615. The van der Waals surface area contributed by atoms with Gasteiger partial charge in [-0.1, -0.05) is 24.3 Å². The molecule has 0 bridgehead atoms. The van der Waals surface area contributed by atoms with Crippen molar-refractivity contribution in [2.24, 2.45) is 0 Å². The van der Waals surface area contributed by atoms with Gasteiger partial charge < -0.3 is 28.4 Å². The number of hydrogen-bond donors (Lipinski definition) is 2. The third-order valence-corrected chi connectivity index (χ3v) is 7.02. The van der Waals surface area contributed by atoms with E-state index >= 15 is 0 Å². The van der Waals surface area contributed by atoms with Crippen LogP contribution in [0.5, 0.6) is 11.5 Å². The zero-order valence-electron chi connectivity index (χ0n) is 22.6. The smallest absolute Gasteiger partial charge is 0.264 e. The molecule has 0 saturated carbocycles. The first-order chi connectivity index (χ1) is 19.1. The third kappa shape index (κ3) is 16.9. The van der Waals surface area contributed by atoms with Gasteiger partial charge in [0.25, 0.3) is 20.2 Å². The summed E-state index contributed by atoms with van der Waals surface area (Å²) < 4.78 is 93.6. The van der Waals surface area contributed by atoms with Crippen LogP contribution < -0.4 is 9.47 Å². The molecule has 0 aliphatic carbocycles. The highest BCUT2D eigenvalue weighted by molar-refractivity contribution is 7.86. The van der Waals surface area contributed by atoms with E-state index in [1.165, 1.54) is 0 Å². The van der Waals surface area contributed by atoms with Crippen LogP contribution in [0.2, 0.25) is 0 Å². The summed E-state index contributed by atoms with van der Waals surface area (Å²) in [6.45, 7) is 3.57. The van der Waals surface area contributed by atoms with Crippen molar-refractivity contribution in [2.75, 3.05) is 77.6 Å². The van der Waals surface area contributed by atoms with Crippen molar-refractivity contribution in [1.82, 2.24) is 0 Å². The summed E-state index contributed by atoms with van der Waals surface area (Å²) in [5, 5.41) is 2.02. The standard InChI is InChI=1S/C26H40O12S2/c27-39(28,29)19-5-3-9-33-11-13-35-15-17-37-25-21-23-7-1-2-8-24(23)22-26(25)38-18-16-36-14-12-34-10-4-6-20-40(30,31)32/h1-2,7-8,21-22H,3-6,9-20H2,(H,27,28,29)(H,30,31,32). The Bertz CT molecular complexity index is 1090. The van der Waals surface area contributed by atoms with Crippen molar-refractivity contribution in [3.05, 3.63) is 36.4 Å². The highest BCUT2D eigenvalue weighted by atomic mass is 32.2. The van der Waals surface area contributed by atoms with Crippen molar-refractivity contribution >= 4 is 31.0 Å². The molecule has 0 fully saturated rings. The molecule has 0 radical (unpaired) electrons. The van der Waals surface area contributed by atoms with Gasteiger partial charge in [-0.3, -0.25) is 9.11 Å². The normalized spacial score (nSPS) is 12.2. The highest BCUT2D eigenvalue weighted by Gasteiger charge is 2.09. The summed E-state index contributed by atoms with van der Waals surface area (Å²) in [5.41, 5.74) is 0. The summed E-state index contributed by atoms with van der Waals surface area (Å²) in [6.07, 6.45) is 1.76. The zero-order chi connectivity index (χ0) is 29.1. The van der Waals surface area contributed by atoms with Crippen LogP contribution in [0.3, 0.4) is 0 Å². The average Bonchev–Trinajstić information content (AvgIpc) is 2.89. The predicted molar refractivity (Wildman–Crippen MR) is 150 cm³/mol. The van der Waals surface area contributed by atoms with Crippen molar-refractivity contribution in [1.29, 1.82) is 0 Å². The van der Waals surface area contributed by atoms with Gasteiger partial charge in [0.1, 0.15) is 13.2 Å². The Balaban J connectivity index is 1.61. The van der Waals surface area contributed by atoms with Crippen LogP contribution in [-0.4, -0.2) is 104 Å². The molecule has 0 heterocycles. The largest absolute Gasteiger partial charge is 0.487 e. The Hall–Kier alpha value is -2.04. The van der Waals surface area contributed by atoms with Crippen LogP contribution >= 0.6 is 0 Å². The second kappa shape index (κ2) is 19.1. The summed E-state index contributed by atoms with van der Waals surface area (Å²) in [4.78, 5) is 0. The molecule has 0 unspecified atom stereocenters. The maximum atomic E-state index is 10.7. The lowest BCUT2D eigenvalue weighted by atomic mass is 10.1. The van der Waals surface area contributed by atoms with Crippen LogP contribution in [0.1, 0.15) is 25.7 Å². The second-order valence-electron chi connectivity index (χ2n) is 8.78. The van der Waals surface area contributed by atoms with E-state index in [4.69, 9.17) is 37.5 Å². The number of unbranched alkanes of at least 4 members (excludes halogenated alkanes) is 2. The number of benzene rings is 2. The molecule has 0 aliphatic heterocycles. The first-order valence-corrected chi connectivity index (χ1v) is 16.4. The van der Waals surface area contributed by atoms with E-state index in [0.29, 0.717) is 103 Å². The minimum Gasteiger partial charge on any atom is -0.487 e. The van der Waals surface area contributed by atoms with Crippen LogP contribution in [-0.2, 0) is 39.2 Å². The molecule has 0 aliphatic rings. The van der Waals surface area contributed by atoms with E-state index in [9.17, 15) is 16.8 Å². The number of ether oxygens (including phenoxy) is 6. The fourth-order valence-electron chi connectivity index (χ4n) is 3.47. The van der Waals surface area contributed by atoms with E-state index in [-0.39, 0.29) is 11.5 Å². The van der Waals surface area contributed by atoms with Crippen LogP contribution in [0.4, 0.5) is 0 Å². The van der Waals surface area contributed by atoms with Gasteiger partial charge in [-0.05, 0) is 48.6 Å². The molecule has 2 aromatic carbocycles. The number of hydrogen-bond acceptors (Lipinski definition) is 10.